The normalized spacial score (nSPS) is 14.7. The Balaban J connectivity index is 1.84. The van der Waals surface area contributed by atoms with Gasteiger partial charge in [0.05, 0.1) is 26.0 Å². The summed E-state index contributed by atoms with van der Waals surface area (Å²) in [6, 6.07) is 17.7. The summed E-state index contributed by atoms with van der Waals surface area (Å²) in [6.45, 7) is 1.94. The van der Waals surface area contributed by atoms with Gasteiger partial charge in [0.1, 0.15) is 5.75 Å². The minimum Gasteiger partial charge on any atom is -0.493 e. The van der Waals surface area contributed by atoms with Gasteiger partial charge in [0, 0.05) is 23.7 Å². The first-order valence-electron chi connectivity index (χ1n) is 11.3. The van der Waals surface area contributed by atoms with E-state index in [4.69, 9.17) is 24.4 Å². The number of para-hydroxylation sites is 1. The van der Waals surface area contributed by atoms with Gasteiger partial charge in [-0.3, -0.25) is 0 Å². The summed E-state index contributed by atoms with van der Waals surface area (Å²) in [5.74, 6) is 1.40. The van der Waals surface area contributed by atoms with Gasteiger partial charge in [0.25, 0.3) is 0 Å². The third-order valence-corrected chi connectivity index (χ3v) is 5.98. The summed E-state index contributed by atoms with van der Waals surface area (Å²) in [4.78, 5) is 23.8. The summed E-state index contributed by atoms with van der Waals surface area (Å²) in [6.07, 6.45) is -0.815. The molecule has 0 aromatic heterocycles. The molecule has 0 saturated carbocycles. The van der Waals surface area contributed by atoms with Gasteiger partial charge in [0.2, 0.25) is 0 Å². The number of hydrazone groups is 1. The average molecular weight is 490 g/mol. The maximum Gasteiger partial charge on any atom is 0.511 e. The number of nitrogens with one attached hydrogen (secondary N) is 1. The molecule has 0 aliphatic carbocycles. The molecular formula is C27H27N3O6. The summed E-state index contributed by atoms with van der Waals surface area (Å²) in [5.41, 5.74) is 4.57. The molecule has 0 fully saturated rings. The van der Waals surface area contributed by atoms with Crippen LogP contribution in [0.15, 0.2) is 65.8 Å². The number of nitrogens with zero attached hydrogens (tertiary/aromatic N) is 2. The van der Waals surface area contributed by atoms with Crippen LogP contribution in [0.2, 0.25) is 0 Å². The number of carbonyl (C=O) groups is 2. The second-order valence-electron chi connectivity index (χ2n) is 8.21. The second-order valence-corrected chi connectivity index (χ2v) is 8.21. The Hall–Kier alpha value is -4.53. The van der Waals surface area contributed by atoms with Gasteiger partial charge in [-0.25, -0.2) is 14.6 Å². The van der Waals surface area contributed by atoms with Gasteiger partial charge in [-0.1, -0.05) is 42.5 Å². The maximum absolute atomic E-state index is 12.7. The van der Waals surface area contributed by atoms with E-state index in [1.165, 1.54) is 5.01 Å². The lowest BCUT2D eigenvalue weighted by Gasteiger charge is -2.22. The van der Waals surface area contributed by atoms with Crippen molar-refractivity contribution in [2.45, 2.75) is 19.4 Å². The van der Waals surface area contributed by atoms with Crippen molar-refractivity contribution in [1.82, 2.24) is 10.3 Å². The Morgan fingerprint density at radius 1 is 0.944 bits per heavy atom. The van der Waals surface area contributed by atoms with E-state index in [1.807, 2.05) is 49.4 Å². The number of hydrogen-bond acceptors (Lipinski definition) is 6. The van der Waals surface area contributed by atoms with Crippen LogP contribution < -0.4 is 19.5 Å². The number of carboxylic acid groups (broad SMARTS) is 1. The molecular weight excluding hydrogens is 462 g/mol. The van der Waals surface area contributed by atoms with Gasteiger partial charge in [0.15, 0.2) is 11.5 Å². The van der Waals surface area contributed by atoms with Gasteiger partial charge in [-0.05, 0) is 42.7 Å². The van der Waals surface area contributed by atoms with E-state index in [1.54, 1.807) is 39.5 Å². The zero-order chi connectivity index (χ0) is 25.8. The van der Waals surface area contributed by atoms with Gasteiger partial charge in [-0.15, -0.1) is 0 Å². The minimum atomic E-state index is -1.38. The highest BCUT2D eigenvalue weighted by Crippen LogP contribution is 2.35. The van der Waals surface area contributed by atoms with Crippen LogP contribution in [-0.2, 0) is 6.42 Å². The summed E-state index contributed by atoms with van der Waals surface area (Å²) in [7, 11) is 4.73. The monoisotopic (exact) mass is 489 g/mol. The minimum absolute atomic E-state index is 0.210. The standard InChI is InChI=1S/C27H27N3O6/c1-16-13-19-14-23(34-3)24(35-4)15-21(19)25(29-30(16)26(31)28-2)18-11-9-17(10-12-18)20-7-5-6-8-22(20)36-27(32)33/h5-12,14-16H,13H2,1-4H3,(H,28,31)(H,32,33). The fraction of sp³-hybridized carbons (Fsp3) is 0.222. The molecule has 0 saturated heterocycles. The number of rotatable bonds is 5. The Bertz CT molecular complexity index is 1320. The average Bonchev–Trinajstić information content (AvgIpc) is 3.03. The van der Waals surface area contributed by atoms with Crippen molar-refractivity contribution in [3.8, 4) is 28.4 Å². The van der Waals surface area contributed by atoms with E-state index in [2.05, 4.69) is 5.32 Å². The lowest BCUT2D eigenvalue weighted by atomic mass is 9.93. The van der Waals surface area contributed by atoms with Crippen LogP contribution in [0.4, 0.5) is 9.59 Å². The molecule has 1 atom stereocenters. The van der Waals surface area contributed by atoms with E-state index < -0.39 is 6.16 Å². The number of benzene rings is 3. The number of methoxy groups -OCH3 is 2. The number of amides is 2. The molecule has 2 N–H and O–H groups in total. The number of fused-ring (bicyclic) bond motifs is 1. The molecule has 0 radical (unpaired) electrons. The largest absolute Gasteiger partial charge is 0.511 e. The smallest absolute Gasteiger partial charge is 0.493 e. The molecule has 1 aliphatic heterocycles. The van der Waals surface area contributed by atoms with Crippen LogP contribution in [0, 0.1) is 0 Å². The number of carbonyl (C=O) groups excluding carboxylic acids is 1. The SMILES string of the molecule is CNC(=O)N1N=C(c2ccc(-c3ccccc3OC(=O)O)cc2)c2cc(OC)c(OC)cc2CC1C. The predicted octanol–water partition coefficient (Wildman–Crippen LogP) is 4.77. The summed E-state index contributed by atoms with van der Waals surface area (Å²) < 4.78 is 16.0. The van der Waals surface area contributed by atoms with Crippen molar-refractivity contribution >= 4 is 17.9 Å². The number of hydrogen-bond donors (Lipinski definition) is 2. The van der Waals surface area contributed by atoms with Crippen LogP contribution in [0.25, 0.3) is 11.1 Å². The van der Waals surface area contributed by atoms with Crippen LogP contribution in [0.5, 0.6) is 17.2 Å². The molecule has 0 spiro atoms. The lowest BCUT2D eigenvalue weighted by Crippen LogP contribution is -2.41. The quantitative estimate of drug-likeness (QED) is 0.395. The highest BCUT2D eigenvalue weighted by atomic mass is 16.7. The Kier molecular flexibility index (Phi) is 7.10. The van der Waals surface area contributed by atoms with Crippen molar-refractivity contribution in [1.29, 1.82) is 0 Å². The van der Waals surface area contributed by atoms with Gasteiger partial charge in [-0.2, -0.15) is 5.10 Å². The Morgan fingerprint density at radius 3 is 2.22 bits per heavy atom. The molecule has 1 heterocycles. The summed E-state index contributed by atoms with van der Waals surface area (Å²) in [5, 5.41) is 17.9. The van der Waals surface area contributed by atoms with Crippen molar-refractivity contribution < 1.29 is 28.9 Å². The highest BCUT2D eigenvalue weighted by molar-refractivity contribution is 6.14. The second kappa shape index (κ2) is 10.4. The zero-order valence-electron chi connectivity index (χ0n) is 20.4. The first kappa shape index (κ1) is 24.6. The molecule has 2 amide bonds. The Labute approximate surface area is 208 Å². The molecule has 3 aromatic carbocycles. The van der Waals surface area contributed by atoms with Crippen molar-refractivity contribution in [3.63, 3.8) is 0 Å². The van der Waals surface area contributed by atoms with Crippen LogP contribution in [0.3, 0.4) is 0 Å². The fourth-order valence-electron chi connectivity index (χ4n) is 4.24. The first-order chi connectivity index (χ1) is 17.4. The first-order valence-corrected chi connectivity index (χ1v) is 11.3. The molecule has 1 unspecified atom stereocenters. The molecule has 186 valence electrons. The van der Waals surface area contributed by atoms with E-state index in [-0.39, 0.29) is 17.8 Å². The van der Waals surface area contributed by atoms with E-state index >= 15 is 0 Å². The van der Waals surface area contributed by atoms with Crippen molar-refractivity contribution in [2.75, 3.05) is 21.3 Å². The van der Waals surface area contributed by atoms with Crippen LogP contribution in [0.1, 0.15) is 23.6 Å². The highest BCUT2D eigenvalue weighted by Gasteiger charge is 2.28. The van der Waals surface area contributed by atoms with Crippen molar-refractivity contribution in [2.24, 2.45) is 5.10 Å². The van der Waals surface area contributed by atoms with E-state index in [9.17, 15) is 9.59 Å². The third-order valence-electron chi connectivity index (χ3n) is 5.98. The molecule has 36 heavy (non-hydrogen) atoms. The fourth-order valence-corrected chi connectivity index (χ4v) is 4.24. The lowest BCUT2D eigenvalue weighted by molar-refractivity contribution is 0.144. The van der Waals surface area contributed by atoms with Crippen LogP contribution >= 0.6 is 0 Å². The van der Waals surface area contributed by atoms with E-state index in [0.29, 0.717) is 29.2 Å². The van der Waals surface area contributed by atoms with Crippen LogP contribution in [-0.4, -0.2) is 55.3 Å². The molecule has 9 heteroatoms. The third kappa shape index (κ3) is 4.81. The molecule has 1 aliphatic rings. The maximum atomic E-state index is 12.7. The number of urea groups is 1. The molecule has 9 nitrogen and oxygen atoms in total. The number of ether oxygens (including phenoxy) is 3. The topological polar surface area (TPSA) is 110 Å². The molecule has 3 aromatic rings. The zero-order valence-corrected chi connectivity index (χ0v) is 20.4. The Morgan fingerprint density at radius 2 is 1.58 bits per heavy atom. The molecule has 0 bridgehead atoms. The van der Waals surface area contributed by atoms with Gasteiger partial charge >= 0.3 is 12.2 Å². The van der Waals surface area contributed by atoms with Crippen molar-refractivity contribution in [3.05, 3.63) is 77.4 Å². The van der Waals surface area contributed by atoms with E-state index in [0.717, 1.165) is 22.3 Å². The predicted molar refractivity (Wildman–Crippen MR) is 135 cm³/mol. The molecule has 4 rings (SSSR count). The summed E-state index contributed by atoms with van der Waals surface area (Å²) >= 11 is 0. The van der Waals surface area contributed by atoms with Gasteiger partial charge < -0.3 is 24.6 Å².